The van der Waals surface area contributed by atoms with Gasteiger partial charge < -0.3 is 15.8 Å². The first-order valence-electron chi connectivity index (χ1n) is 7.01. The number of carbonyl (C=O) groups is 2. The second-order valence-electron chi connectivity index (χ2n) is 5.29. The van der Waals surface area contributed by atoms with Crippen LogP contribution in [0.25, 0.3) is 5.69 Å². The number of nitrogens with zero attached hydrogens (tertiary/aromatic N) is 2. The zero-order valence-corrected chi connectivity index (χ0v) is 14.7. The van der Waals surface area contributed by atoms with Gasteiger partial charge in [-0.05, 0) is 40.8 Å². The summed E-state index contributed by atoms with van der Waals surface area (Å²) in [5.41, 5.74) is 6.92. The molecule has 0 radical (unpaired) electrons. The minimum atomic E-state index is -0.732. The van der Waals surface area contributed by atoms with Crippen LogP contribution in [-0.4, -0.2) is 35.2 Å². The van der Waals surface area contributed by atoms with Gasteiger partial charge in [0.2, 0.25) is 0 Å². The molecule has 1 aromatic carbocycles. The van der Waals surface area contributed by atoms with Crippen molar-refractivity contribution in [1.29, 1.82) is 0 Å². The largest absolute Gasteiger partial charge is 0.491 e. The van der Waals surface area contributed by atoms with Crippen molar-refractivity contribution < 1.29 is 14.3 Å². The third-order valence-electron chi connectivity index (χ3n) is 3.71. The van der Waals surface area contributed by atoms with Crippen LogP contribution >= 0.6 is 22.6 Å². The van der Waals surface area contributed by atoms with Crippen LogP contribution in [0.4, 0.5) is 0 Å². The summed E-state index contributed by atoms with van der Waals surface area (Å²) in [5, 5.41) is 6.86. The average Bonchev–Trinajstić information content (AvgIpc) is 2.87. The molecule has 1 atom stereocenters. The Kier molecular flexibility index (Phi) is 4.00. The van der Waals surface area contributed by atoms with Crippen molar-refractivity contribution in [3.05, 3.63) is 38.7 Å². The number of halogens is 1. The number of nitrogens with two attached hydrogens (primary N) is 1. The van der Waals surface area contributed by atoms with Crippen molar-refractivity contribution >= 4 is 34.4 Å². The van der Waals surface area contributed by atoms with Crippen molar-refractivity contribution in [2.45, 2.75) is 12.8 Å². The lowest BCUT2D eigenvalue weighted by Gasteiger charge is -2.11. The number of carbonyl (C=O) groups excluding carboxylic acids is 2. The lowest BCUT2D eigenvalue weighted by Crippen LogP contribution is -2.25. The topological polar surface area (TPSA) is 99.2 Å². The van der Waals surface area contributed by atoms with Crippen LogP contribution in [0, 0.1) is 3.57 Å². The standard InChI is InChI=1S/C15H15IN4O3/c1-7-6-23-10-4-3-8(16)5-9(10)20-13(7)11(15(22)18-2)12(19-20)14(17)21/h3-5,7H,6H2,1-2H3,(H2,17,21)(H,18,22). The number of primary amides is 1. The van der Waals surface area contributed by atoms with E-state index in [9.17, 15) is 9.59 Å². The monoisotopic (exact) mass is 426 g/mol. The van der Waals surface area contributed by atoms with Gasteiger partial charge in [-0.2, -0.15) is 5.10 Å². The van der Waals surface area contributed by atoms with Crippen molar-refractivity contribution in [2.75, 3.05) is 13.7 Å². The molecular weight excluding hydrogens is 411 g/mol. The van der Waals surface area contributed by atoms with Gasteiger partial charge in [0.1, 0.15) is 11.4 Å². The van der Waals surface area contributed by atoms with Crippen LogP contribution in [-0.2, 0) is 0 Å². The van der Waals surface area contributed by atoms with Gasteiger partial charge in [0.05, 0.1) is 17.9 Å². The Labute approximate surface area is 146 Å². The number of hydrogen-bond donors (Lipinski definition) is 2. The second-order valence-corrected chi connectivity index (χ2v) is 6.53. The quantitative estimate of drug-likeness (QED) is 0.710. The minimum Gasteiger partial charge on any atom is -0.491 e. The maximum atomic E-state index is 12.3. The van der Waals surface area contributed by atoms with Gasteiger partial charge in [0.15, 0.2) is 5.69 Å². The summed E-state index contributed by atoms with van der Waals surface area (Å²) in [7, 11) is 1.51. The molecule has 0 saturated carbocycles. The first-order chi connectivity index (χ1) is 10.9. The van der Waals surface area contributed by atoms with E-state index in [1.54, 1.807) is 4.68 Å². The third-order valence-corrected chi connectivity index (χ3v) is 4.38. The third kappa shape index (κ3) is 2.56. The highest BCUT2D eigenvalue weighted by Crippen LogP contribution is 2.35. The molecule has 7 nitrogen and oxygen atoms in total. The Morgan fingerprint density at radius 3 is 2.87 bits per heavy atom. The Morgan fingerprint density at radius 2 is 2.22 bits per heavy atom. The number of amides is 2. The fourth-order valence-electron chi connectivity index (χ4n) is 2.66. The Balaban J connectivity index is 2.36. The van der Waals surface area contributed by atoms with E-state index < -0.39 is 5.91 Å². The van der Waals surface area contributed by atoms with Gasteiger partial charge in [-0.15, -0.1) is 0 Å². The molecule has 0 fully saturated rings. The van der Waals surface area contributed by atoms with Gasteiger partial charge in [-0.25, -0.2) is 4.68 Å². The Bertz CT molecular complexity index is 815. The SMILES string of the molecule is CNC(=O)c1c(C(N)=O)nn2c1C(C)COc1ccc(I)cc1-2. The predicted molar refractivity (Wildman–Crippen MR) is 92.1 cm³/mol. The predicted octanol–water partition coefficient (Wildman–Crippen LogP) is 1.43. The van der Waals surface area contributed by atoms with Gasteiger partial charge >= 0.3 is 0 Å². The van der Waals surface area contributed by atoms with E-state index in [2.05, 4.69) is 33.0 Å². The molecule has 0 saturated heterocycles. The first kappa shape index (κ1) is 15.8. The molecule has 1 aromatic heterocycles. The van der Waals surface area contributed by atoms with E-state index in [1.807, 2.05) is 25.1 Å². The van der Waals surface area contributed by atoms with Crippen molar-refractivity contribution in [3.8, 4) is 11.4 Å². The molecule has 1 aliphatic rings. The number of rotatable bonds is 2. The van der Waals surface area contributed by atoms with Crippen LogP contribution in [0.1, 0.15) is 39.4 Å². The minimum absolute atomic E-state index is 0.0297. The number of aromatic nitrogens is 2. The number of ether oxygens (including phenoxy) is 1. The summed E-state index contributed by atoms with van der Waals surface area (Å²) in [6.07, 6.45) is 0. The molecule has 3 rings (SSSR count). The number of fused-ring (bicyclic) bond motifs is 3. The number of benzene rings is 1. The van der Waals surface area contributed by atoms with E-state index in [-0.39, 0.29) is 23.1 Å². The highest BCUT2D eigenvalue weighted by molar-refractivity contribution is 14.1. The van der Waals surface area contributed by atoms with Crippen LogP contribution < -0.4 is 15.8 Å². The van der Waals surface area contributed by atoms with E-state index in [1.165, 1.54) is 7.05 Å². The Hall–Kier alpha value is -2.10. The molecule has 1 unspecified atom stereocenters. The second kappa shape index (κ2) is 5.84. The Morgan fingerprint density at radius 1 is 1.48 bits per heavy atom. The summed E-state index contributed by atoms with van der Waals surface area (Å²) in [6.45, 7) is 2.29. The summed E-state index contributed by atoms with van der Waals surface area (Å²) >= 11 is 2.18. The van der Waals surface area contributed by atoms with E-state index in [0.29, 0.717) is 23.7 Å². The molecule has 8 heteroatoms. The van der Waals surface area contributed by atoms with Gasteiger partial charge in [-0.1, -0.05) is 6.92 Å². The van der Waals surface area contributed by atoms with Gasteiger partial charge in [0.25, 0.3) is 11.8 Å². The molecule has 2 amide bonds. The highest BCUT2D eigenvalue weighted by atomic mass is 127. The number of hydrogen-bond acceptors (Lipinski definition) is 4. The molecule has 0 spiro atoms. The van der Waals surface area contributed by atoms with Crippen LogP contribution in [0.3, 0.4) is 0 Å². The zero-order valence-electron chi connectivity index (χ0n) is 12.6. The lowest BCUT2D eigenvalue weighted by molar-refractivity contribution is 0.0941. The van der Waals surface area contributed by atoms with Crippen LogP contribution in [0.5, 0.6) is 5.75 Å². The van der Waals surface area contributed by atoms with Crippen molar-refractivity contribution in [2.24, 2.45) is 5.73 Å². The normalized spacial score (nSPS) is 15.9. The van der Waals surface area contributed by atoms with Gasteiger partial charge in [0, 0.05) is 16.5 Å². The molecule has 0 bridgehead atoms. The fourth-order valence-corrected chi connectivity index (χ4v) is 3.14. The maximum Gasteiger partial charge on any atom is 0.270 e. The fraction of sp³-hybridized carbons (Fsp3) is 0.267. The molecule has 120 valence electrons. The molecule has 0 aliphatic carbocycles. The highest BCUT2D eigenvalue weighted by Gasteiger charge is 2.32. The van der Waals surface area contributed by atoms with E-state index >= 15 is 0 Å². The van der Waals surface area contributed by atoms with Crippen molar-refractivity contribution in [3.63, 3.8) is 0 Å². The molecule has 3 N–H and O–H groups in total. The molecule has 1 aliphatic heterocycles. The lowest BCUT2D eigenvalue weighted by atomic mass is 10.0. The van der Waals surface area contributed by atoms with Crippen LogP contribution in [0.15, 0.2) is 18.2 Å². The first-order valence-corrected chi connectivity index (χ1v) is 8.09. The maximum absolute atomic E-state index is 12.3. The number of nitrogens with one attached hydrogen (secondary N) is 1. The van der Waals surface area contributed by atoms with Crippen molar-refractivity contribution in [1.82, 2.24) is 15.1 Å². The summed E-state index contributed by atoms with van der Waals surface area (Å²) in [4.78, 5) is 24.1. The smallest absolute Gasteiger partial charge is 0.270 e. The van der Waals surface area contributed by atoms with Gasteiger partial charge in [-0.3, -0.25) is 9.59 Å². The zero-order chi connectivity index (χ0) is 16.7. The summed E-state index contributed by atoms with van der Waals surface area (Å²) < 4.78 is 8.40. The van der Waals surface area contributed by atoms with E-state index in [4.69, 9.17) is 10.5 Å². The summed E-state index contributed by atoms with van der Waals surface area (Å²) in [6, 6.07) is 5.67. The molecular formula is C15H15IN4O3. The molecule has 23 heavy (non-hydrogen) atoms. The molecule has 2 aromatic rings. The average molecular weight is 426 g/mol. The van der Waals surface area contributed by atoms with E-state index in [0.717, 1.165) is 3.57 Å². The molecule has 2 heterocycles. The van der Waals surface area contributed by atoms with Crippen LogP contribution in [0.2, 0.25) is 0 Å². The summed E-state index contributed by atoms with van der Waals surface area (Å²) in [5.74, 6) is -0.601.